The highest BCUT2D eigenvalue weighted by Gasteiger charge is 2.19. The molecule has 0 bridgehead atoms. The minimum absolute atomic E-state index is 0.0857. The maximum absolute atomic E-state index is 12.0. The van der Waals surface area contributed by atoms with Crippen LogP contribution in [0.2, 0.25) is 0 Å². The van der Waals surface area contributed by atoms with Crippen LogP contribution in [0.4, 0.5) is 4.79 Å². The summed E-state index contributed by atoms with van der Waals surface area (Å²) in [7, 11) is 0. The van der Waals surface area contributed by atoms with Gasteiger partial charge in [-0.25, -0.2) is 4.79 Å². The molecule has 2 N–H and O–H groups in total. The van der Waals surface area contributed by atoms with Gasteiger partial charge in [0.15, 0.2) is 0 Å². The van der Waals surface area contributed by atoms with Crippen LogP contribution in [0.1, 0.15) is 53.4 Å². The Hall–Kier alpha value is -1.26. The zero-order chi connectivity index (χ0) is 14.8. The van der Waals surface area contributed by atoms with E-state index in [2.05, 4.69) is 12.2 Å². The molecular formula is C14H28N2O3. The van der Waals surface area contributed by atoms with Crippen LogP contribution in [-0.2, 0) is 4.79 Å². The first kappa shape index (κ1) is 17.7. The third kappa shape index (κ3) is 9.33. The fraction of sp³-hybridized carbons (Fsp3) is 0.857. The molecule has 0 aromatic carbocycles. The van der Waals surface area contributed by atoms with Crippen LogP contribution in [0.25, 0.3) is 0 Å². The van der Waals surface area contributed by atoms with Gasteiger partial charge in [0, 0.05) is 12.6 Å². The summed E-state index contributed by atoms with van der Waals surface area (Å²) in [5, 5.41) is 11.7. The average Bonchev–Trinajstić information content (AvgIpc) is 2.27. The SMILES string of the molecule is CCCCCC(C)NC(=O)N(CC(=O)O)CC(C)C. The smallest absolute Gasteiger partial charge is 0.323 e. The van der Waals surface area contributed by atoms with Gasteiger partial charge >= 0.3 is 12.0 Å². The highest BCUT2D eigenvalue weighted by molar-refractivity contribution is 5.80. The first-order chi connectivity index (χ1) is 8.86. The maximum atomic E-state index is 12.0. The molecule has 112 valence electrons. The third-order valence-corrected chi connectivity index (χ3v) is 2.81. The number of urea groups is 1. The Morgan fingerprint density at radius 1 is 1.21 bits per heavy atom. The normalized spacial score (nSPS) is 12.3. The Morgan fingerprint density at radius 3 is 2.32 bits per heavy atom. The standard InChI is InChI=1S/C14H28N2O3/c1-5-6-7-8-12(4)15-14(19)16(9-11(2)3)10-13(17)18/h11-12H,5-10H2,1-4H3,(H,15,19)(H,17,18). The Balaban J connectivity index is 4.25. The number of hydrogen-bond donors (Lipinski definition) is 2. The lowest BCUT2D eigenvalue weighted by Gasteiger charge is -2.25. The molecule has 0 aliphatic carbocycles. The highest BCUT2D eigenvalue weighted by Crippen LogP contribution is 2.05. The molecule has 0 aromatic rings. The van der Waals surface area contributed by atoms with Crippen LogP contribution in [-0.4, -0.2) is 41.1 Å². The number of carboxylic acids is 1. The number of nitrogens with zero attached hydrogens (tertiary/aromatic N) is 1. The predicted octanol–water partition coefficient (Wildman–Crippen LogP) is 2.71. The second kappa shape index (κ2) is 9.64. The average molecular weight is 272 g/mol. The summed E-state index contributed by atoms with van der Waals surface area (Å²) < 4.78 is 0. The number of nitrogens with one attached hydrogen (secondary N) is 1. The second-order valence-electron chi connectivity index (χ2n) is 5.51. The van der Waals surface area contributed by atoms with Crippen LogP contribution >= 0.6 is 0 Å². The van der Waals surface area contributed by atoms with Crippen molar-refractivity contribution in [2.75, 3.05) is 13.1 Å². The first-order valence-corrected chi connectivity index (χ1v) is 7.14. The van der Waals surface area contributed by atoms with Crippen LogP contribution in [0, 0.1) is 5.92 Å². The molecule has 0 aliphatic rings. The summed E-state index contributed by atoms with van der Waals surface area (Å²) in [6.45, 7) is 8.24. The number of carbonyl (C=O) groups is 2. The lowest BCUT2D eigenvalue weighted by molar-refractivity contribution is -0.137. The number of rotatable bonds is 9. The van der Waals surface area contributed by atoms with Gasteiger partial charge in [0.05, 0.1) is 0 Å². The van der Waals surface area contributed by atoms with E-state index >= 15 is 0 Å². The topological polar surface area (TPSA) is 69.6 Å². The van der Waals surface area contributed by atoms with Crippen molar-refractivity contribution in [2.45, 2.75) is 59.4 Å². The molecule has 0 spiro atoms. The van der Waals surface area contributed by atoms with E-state index in [-0.39, 0.29) is 24.5 Å². The van der Waals surface area contributed by atoms with Gasteiger partial charge in [-0.1, -0.05) is 40.0 Å². The number of aliphatic carboxylic acids is 1. The molecule has 0 radical (unpaired) electrons. The number of carboxylic acid groups (broad SMARTS) is 1. The molecule has 5 nitrogen and oxygen atoms in total. The monoisotopic (exact) mass is 272 g/mol. The third-order valence-electron chi connectivity index (χ3n) is 2.81. The van der Waals surface area contributed by atoms with E-state index in [1.165, 1.54) is 4.90 Å². The molecular weight excluding hydrogens is 244 g/mol. The zero-order valence-electron chi connectivity index (χ0n) is 12.6. The van der Waals surface area contributed by atoms with Crippen molar-refractivity contribution in [3.05, 3.63) is 0 Å². The van der Waals surface area contributed by atoms with Crippen LogP contribution < -0.4 is 5.32 Å². The highest BCUT2D eigenvalue weighted by atomic mass is 16.4. The maximum Gasteiger partial charge on any atom is 0.323 e. The van der Waals surface area contributed by atoms with Crippen molar-refractivity contribution in [3.63, 3.8) is 0 Å². The summed E-state index contributed by atoms with van der Waals surface area (Å²) in [5.41, 5.74) is 0. The molecule has 0 rings (SSSR count). The summed E-state index contributed by atoms with van der Waals surface area (Å²) in [6.07, 6.45) is 4.33. The summed E-state index contributed by atoms with van der Waals surface area (Å²) >= 11 is 0. The van der Waals surface area contributed by atoms with Gasteiger partial charge < -0.3 is 15.3 Å². The molecule has 0 aromatic heterocycles. The first-order valence-electron chi connectivity index (χ1n) is 7.14. The van der Waals surface area contributed by atoms with Gasteiger partial charge in [0.2, 0.25) is 0 Å². The summed E-state index contributed by atoms with van der Waals surface area (Å²) in [6, 6.07) is -0.192. The molecule has 0 aliphatic heterocycles. The lowest BCUT2D eigenvalue weighted by Crippen LogP contribution is -2.47. The van der Waals surface area contributed by atoms with Crippen molar-refractivity contribution in [3.8, 4) is 0 Å². The number of amides is 2. The number of carbonyl (C=O) groups excluding carboxylic acids is 1. The van der Waals surface area contributed by atoms with Crippen LogP contribution in [0.5, 0.6) is 0 Å². The van der Waals surface area contributed by atoms with Gasteiger partial charge in [0.25, 0.3) is 0 Å². The Labute approximate surface area is 116 Å². The molecule has 2 amide bonds. The van der Waals surface area contributed by atoms with E-state index in [4.69, 9.17) is 5.11 Å². The molecule has 0 fully saturated rings. The Morgan fingerprint density at radius 2 is 1.84 bits per heavy atom. The van der Waals surface area contributed by atoms with Crippen LogP contribution in [0.3, 0.4) is 0 Å². The van der Waals surface area contributed by atoms with Crippen LogP contribution in [0.15, 0.2) is 0 Å². The quantitative estimate of drug-likeness (QED) is 0.634. The van der Waals surface area contributed by atoms with Gasteiger partial charge in [0.1, 0.15) is 6.54 Å². The lowest BCUT2D eigenvalue weighted by atomic mass is 10.1. The molecule has 19 heavy (non-hydrogen) atoms. The largest absolute Gasteiger partial charge is 0.480 e. The van der Waals surface area contributed by atoms with Gasteiger partial charge in [-0.3, -0.25) is 4.79 Å². The zero-order valence-corrected chi connectivity index (χ0v) is 12.6. The molecule has 0 heterocycles. The predicted molar refractivity (Wildman–Crippen MR) is 76.2 cm³/mol. The van der Waals surface area contributed by atoms with Gasteiger partial charge in [-0.05, 0) is 19.3 Å². The summed E-state index contributed by atoms with van der Waals surface area (Å²) in [5.74, 6) is -0.727. The van der Waals surface area contributed by atoms with E-state index in [1.807, 2.05) is 20.8 Å². The molecule has 5 heteroatoms. The Bertz CT molecular complexity index is 280. The minimum atomic E-state index is -0.977. The molecule has 1 atom stereocenters. The minimum Gasteiger partial charge on any atom is -0.480 e. The summed E-state index contributed by atoms with van der Waals surface area (Å²) in [4.78, 5) is 24.1. The van der Waals surface area contributed by atoms with Crippen molar-refractivity contribution in [2.24, 2.45) is 5.92 Å². The fourth-order valence-electron chi connectivity index (χ4n) is 1.90. The second-order valence-corrected chi connectivity index (χ2v) is 5.51. The Kier molecular flexibility index (Phi) is 9.00. The van der Waals surface area contributed by atoms with Gasteiger partial charge in [-0.2, -0.15) is 0 Å². The van der Waals surface area contributed by atoms with Crippen molar-refractivity contribution in [1.82, 2.24) is 10.2 Å². The van der Waals surface area contributed by atoms with E-state index in [1.54, 1.807) is 0 Å². The van der Waals surface area contributed by atoms with Crippen molar-refractivity contribution >= 4 is 12.0 Å². The van der Waals surface area contributed by atoms with E-state index < -0.39 is 5.97 Å². The van der Waals surface area contributed by atoms with E-state index in [0.717, 1.165) is 25.7 Å². The molecule has 0 saturated heterocycles. The fourth-order valence-corrected chi connectivity index (χ4v) is 1.90. The van der Waals surface area contributed by atoms with Crippen molar-refractivity contribution < 1.29 is 14.7 Å². The van der Waals surface area contributed by atoms with Crippen molar-refractivity contribution in [1.29, 1.82) is 0 Å². The number of unbranched alkanes of at least 4 members (excludes halogenated alkanes) is 2. The van der Waals surface area contributed by atoms with E-state index in [0.29, 0.717) is 6.54 Å². The number of hydrogen-bond acceptors (Lipinski definition) is 2. The molecule has 0 saturated carbocycles. The van der Waals surface area contributed by atoms with E-state index in [9.17, 15) is 9.59 Å². The molecule has 1 unspecified atom stereocenters. The van der Waals surface area contributed by atoms with Gasteiger partial charge in [-0.15, -0.1) is 0 Å².